The minimum Gasteiger partial charge on any atom is -0.508 e. The first-order chi connectivity index (χ1) is 14.9. The molecule has 4 N–H and O–H groups in total. The Labute approximate surface area is 178 Å². The smallest absolute Gasteiger partial charge is 0.337 e. The fourth-order valence-corrected chi connectivity index (χ4v) is 3.78. The van der Waals surface area contributed by atoms with Crippen LogP contribution in [0.4, 0.5) is 0 Å². The van der Waals surface area contributed by atoms with Crippen molar-refractivity contribution in [2.45, 2.75) is 43.0 Å². The number of aliphatic hydroxyl groups excluding tert-OH is 3. The number of carbonyl (C=O) groups excluding carboxylic acids is 1. The summed E-state index contributed by atoms with van der Waals surface area (Å²) in [7, 11) is 1.12. The first kappa shape index (κ1) is 21.4. The summed E-state index contributed by atoms with van der Waals surface area (Å²) in [6, 6.07) is 12.2. The second-order valence-corrected chi connectivity index (χ2v) is 7.61. The van der Waals surface area contributed by atoms with Gasteiger partial charge >= 0.3 is 5.97 Å². The highest BCUT2D eigenvalue weighted by Gasteiger charge is 2.48. The molecule has 0 aromatic heterocycles. The fraction of sp³-hybridized carbons (Fsp3) is 0.409. The van der Waals surface area contributed by atoms with E-state index in [0.717, 1.165) is 24.7 Å². The summed E-state index contributed by atoms with van der Waals surface area (Å²) in [5.41, 5.74) is 2.02. The second-order valence-electron chi connectivity index (χ2n) is 7.61. The first-order valence-corrected chi connectivity index (χ1v) is 9.86. The van der Waals surface area contributed by atoms with Crippen LogP contribution in [-0.4, -0.2) is 70.8 Å². The summed E-state index contributed by atoms with van der Waals surface area (Å²) < 4.78 is 21.4. The number of phenols is 1. The van der Waals surface area contributed by atoms with E-state index in [9.17, 15) is 25.2 Å². The highest BCUT2D eigenvalue weighted by Crippen LogP contribution is 2.36. The number of ether oxygens (including phenoxy) is 4. The lowest BCUT2D eigenvalue weighted by molar-refractivity contribution is -0.271. The number of methoxy groups -OCH3 is 1. The molecule has 0 bridgehead atoms. The standard InChI is InChI=1S/C22H24O9/c1-28-21(27)20-18(25)17(24)19(26)22(31-20)30-15-7-4-12-8-13(10-29-16(12)9-15)11-2-5-14(23)6-3-11/h2-7,9,13,17-20,22-26H,8,10H2,1H3/t13?,17-,18-,19+,20-,22+/m0/s1. The third-order valence-corrected chi connectivity index (χ3v) is 5.56. The quantitative estimate of drug-likeness (QED) is 0.509. The van der Waals surface area contributed by atoms with Crippen LogP contribution in [0.3, 0.4) is 0 Å². The van der Waals surface area contributed by atoms with E-state index in [0.29, 0.717) is 18.1 Å². The van der Waals surface area contributed by atoms with E-state index in [1.165, 1.54) is 0 Å². The molecule has 1 unspecified atom stereocenters. The van der Waals surface area contributed by atoms with E-state index in [4.69, 9.17) is 14.2 Å². The van der Waals surface area contributed by atoms with Gasteiger partial charge in [-0.1, -0.05) is 18.2 Å². The summed E-state index contributed by atoms with van der Waals surface area (Å²) >= 11 is 0. The van der Waals surface area contributed by atoms with Gasteiger partial charge in [0, 0.05) is 12.0 Å². The number of aliphatic hydroxyl groups is 3. The Morgan fingerprint density at radius 1 is 1.03 bits per heavy atom. The van der Waals surface area contributed by atoms with E-state index in [2.05, 4.69) is 4.74 Å². The zero-order valence-electron chi connectivity index (χ0n) is 16.7. The van der Waals surface area contributed by atoms with E-state index in [1.54, 1.807) is 24.3 Å². The minimum absolute atomic E-state index is 0.140. The molecule has 31 heavy (non-hydrogen) atoms. The molecule has 9 heteroatoms. The van der Waals surface area contributed by atoms with Crippen LogP contribution in [-0.2, 0) is 20.7 Å². The normalized spacial score (nSPS) is 30.1. The SMILES string of the molecule is COC(=O)[C@H]1O[C@@H](Oc2ccc3c(c2)OCC(c2ccc(O)cc2)C3)[C@H](O)[C@@H](O)[C@@H]1O. The van der Waals surface area contributed by atoms with Gasteiger partial charge in [-0.25, -0.2) is 4.79 Å². The predicted octanol–water partition coefficient (Wildman–Crippen LogP) is 0.470. The maximum atomic E-state index is 11.8. The Morgan fingerprint density at radius 3 is 2.48 bits per heavy atom. The average Bonchev–Trinajstić information content (AvgIpc) is 2.79. The number of hydrogen-bond donors (Lipinski definition) is 4. The lowest BCUT2D eigenvalue weighted by Gasteiger charge is -2.39. The zero-order valence-corrected chi connectivity index (χ0v) is 16.7. The van der Waals surface area contributed by atoms with E-state index < -0.39 is 36.7 Å². The molecule has 0 saturated carbocycles. The lowest BCUT2D eigenvalue weighted by atomic mass is 9.90. The number of rotatable bonds is 4. The first-order valence-electron chi connectivity index (χ1n) is 9.86. The third-order valence-electron chi connectivity index (χ3n) is 5.56. The van der Waals surface area contributed by atoms with E-state index >= 15 is 0 Å². The van der Waals surface area contributed by atoms with Crippen molar-refractivity contribution in [1.82, 2.24) is 0 Å². The highest BCUT2D eigenvalue weighted by molar-refractivity contribution is 5.75. The second kappa shape index (κ2) is 8.72. The molecule has 2 heterocycles. The van der Waals surface area contributed by atoms with Crippen LogP contribution >= 0.6 is 0 Å². The average molecular weight is 432 g/mol. The van der Waals surface area contributed by atoms with Crippen LogP contribution in [0.15, 0.2) is 42.5 Å². The van der Waals surface area contributed by atoms with Crippen molar-refractivity contribution in [3.8, 4) is 17.2 Å². The van der Waals surface area contributed by atoms with Crippen molar-refractivity contribution in [2.75, 3.05) is 13.7 Å². The maximum Gasteiger partial charge on any atom is 0.337 e. The lowest BCUT2D eigenvalue weighted by Crippen LogP contribution is -2.61. The van der Waals surface area contributed by atoms with Crippen LogP contribution in [0, 0.1) is 0 Å². The molecule has 2 aliphatic heterocycles. The van der Waals surface area contributed by atoms with Gasteiger partial charge in [0.05, 0.1) is 13.7 Å². The number of benzene rings is 2. The van der Waals surface area contributed by atoms with Crippen molar-refractivity contribution < 1.29 is 44.2 Å². The molecule has 1 fully saturated rings. The molecule has 1 saturated heterocycles. The summed E-state index contributed by atoms with van der Waals surface area (Å²) in [6.45, 7) is 0.444. The fourth-order valence-electron chi connectivity index (χ4n) is 3.78. The molecule has 2 aromatic rings. The van der Waals surface area contributed by atoms with Gasteiger partial charge in [0.2, 0.25) is 6.29 Å². The molecule has 0 radical (unpaired) electrons. The number of fused-ring (bicyclic) bond motifs is 1. The van der Waals surface area contributed by atoms with E-state index in [-0.39, 0.29) is 11.7 Å². The van der Waals surface area contributed by atoms with Crippen LogP contribution in [0.5, 0.6) is 17.2 Å². The molecule has 0 amide bonds. The third kappa shape index (κ3) is 4.31. The molecule has 2 aromatic carbocycles. The van der Waals surface area contributed by atoms with Gasteiger partial charge in [-0.05, 0) is 35.7 Å². The van der Waals surface area contributed by atoms with Crippen LogP contribution < -0.4 is 9.47 Å². The Hall–Kier alpha value is -2.85. The maximum absolute atomic E-state index is 11.8. The zero-order chi connectivity index (χ0) is 22.1. The summed E-state index contributed by atoms with van der Waals surface area (Å²) in [4.78, 5) is 11.8. The predicted molar refractivity (Wildman–Crippen MR) is 106 cm³/mol. The molecule has 0 spiro atoms. The molecule has 4 rings (SSSR count). The molecular weight excluding hydrogens is 408 g/mol. The Balaban J connectivity index is 1.47. The highest BCUT2D eigenvalue weighted by atomic mass is 16.7. The van der Waals surface area contributed by atoms with Gasteiger partial charge in [0.15, 0.2) is 6.10 Å². The van der Waals surface area contributed by atoms with Crippen molar-refractivity contribution in [3.05, 3.63) is 53.6 Å². The number of aromatic hydroxyl groups is 1. The van der Waals surface area contributed by atoms with Gasteiger partial charge in [0.1, 0.15) is 35.6 Å². The van der Waals surface area contributed by atoms with Gasteiger partial charge in [-0.2, -0.15) is 0 Å². The summed E-state index contributed by atoms with van der Waals surface area (Å²) in [5.74, 6) is 0.379. The molecular formula is C22H24O9. The summed E-state index contributed by atoms with van der Waals surface area (Å²) in [6.07, 6.45) is -7.03. The number of esters is 1. The number of phenolic OH excluding ortho intramolecular Hbond substituents is 1. The Morgan fingerprint density at radius 2 is 1.77 bits per heavy atom. The minimum atomic E-state index is -1.65. The van der Waals surface area contributed by atoms with Crippen molar-refractivity contribution in [1.29, 1.82) is 0 Å². The van der Waals surface area contributed by atoms with Gasteiger partial charge in [0.25, 0.3) is 0 Å². The van der Waals surface area contributed by atoms with Crippen molar-refractivity contribution in [3.63, 3.8) is 0 Å². The summed E-state index contributed by atoms with van der Waals surface area (Å²) in [5, 5.41) is 39.7. The number of hydrogen-bond acceptors (Lipinski definition) is 9. The van der Waals surface area contributed by atoms with Crippen molar-refractivity contribution in [2.24, 2.45) is 0 Å². The molecule has 166 valence electrons. The molecule has 0 aliphatic carbocycles. The topological polar surface area (TPSA) is 135 Å². The van der Waals surface area contributed by atoms with Gasteiger partial charge in [-0.3, -0.25) is 0 Å². The van der Waals surface area contributed by atoms with Gasteiger partial charge < -0.3 is 39.4 Å². The van der Waals surface area contributed by atoms with Crippen LogP contribution in [0.25, 0.3) is 0 Å². The van der Waals surface area contributed by atoms with E-state index in [1.807, 2.05) is 18.2 Å². The van der Waals surface area contributed by atoms with Crippen molar-refractivity contribution >= 4 is 5.97 Å². The monoisotopic (exact) mass is 432 g/mol. The molecule has 6 atom stereocenters. The Bertz CT molecular complexity index is 929. The van der Waals surface area contributed by atoms with Gasteiger partial charge in [-0.15, -0.1) is 0 Å². The largest absolute Gasteiger partial charge is 0.508 e. The number of carbonyl (C=O) groups is 1. The Kier molecular flexibility index (Phi) is 6.01. The molecule has 9 nitrogen and oxygen atoms in total. The molecule has 2 aliphatic rings. The van der Waals surface area contributed by atoms with Crippen LogP contribution in [0.1, 0.15) is 17.0 Å². The van der Waals surface area contributed by atoms with Crippen LogP contribution in [0.2, 0.25) is 0 Å².